The third-order valence-corrected chi connectivity index (χ3v) is 6.08. The van der Waals surface area contributed by atoms with Gasteiger partial charge in [-0.1, -0.05) is 83.1 Å². The molecule has 0 N–H and O–H groups in total. The highest BCUT2D eigenvalue weighted by molar-refractivity contribution is 5.31. The van der Waals surface area contributed by atoms with Gasteiger partial charge >= 0.3 is 0 Å². The van der Waals surface area contributed by atoms with E-state index in [2.05, 4.69) is 51.1 Å². The van der Waals surface area contributed by atoms with E-state index in [0.717, 1.165) is 24.7 Å². The van der Waals surface area contributed by atoms with E-state index >= 15 is 0 Å². The van der Waals surface area contributed by atoms with Crippen molar-refractivity contribution in [1.29, 1.82) is 0 Å². The maximum absolute atomic E-state index is 5.94. The highest BCUT2D eigenvalue weighted by Gasteiger charge is 2.23. The minimum Gasteiger partial charge on any atom is -0.494 e. The SMILES string of the molecule is CCCCCOc1ccc(C(CC2=CCCCC2)C(CCC)CCC)cc1. The molecule has 0 aromatic heterocycles. The molecule has 0 heterocycles. The predicted octanol–water partition coefficient (Wildman–Crippen LogP) is 8.45. The molecule has 1 aromatic carbocycles. The Hall–Kier alpha value is -1.24. The molecule has 0 amide bonds. The fourth-order valence-corrected chi connectivity index (χ4v) is 4.57. The lowest BCUT2D eigenvalue weighted by atomic mass is 9.76. The molecule has 1 aromatic rings. The Morgan fingerprint density at radius 2 is 1.63 bits per heavy atom. The number of hydrogen-bond acceptors (Lipinski definition) is 1. The molecule has 0 radical (unpaired) electrons. The van der Waals surface area contributed by atoms with Crippen molar-refractivity contribution in [2.45, 2.75) is 104 Å². The lowest BCUT2D eigenvalue weighted by molar-refractivity contribution is 0.305. The van der Waals surface area contributed by atoms with Crippen molar-refractivity contribution in [1.82, 2.24) is 0 Å². The van der Waals surface area contributed by atoms with Crippen molar-refractivity contribution in [2.24, 2.45) is 5.92 Å². The summed E-state index contributed by atoms with van der Waals surface area (Å²) in [6.45, 7) is 7.76. The highest BCUT2D eigenvalue weighted by Crippen LogP contribution is 2.39. The lowest BCUT2D eigenvalue weighted by Crippen LogP contribution is -2.15. The van der Waals surface area contributed by atoms with Crippen molar-refractivity contribution < 1.29 is 4.74 Å². The van der Waals surface area contributed by atoms with Gasteiger partial charge in [-0.05, 0) is 68.1 Å². The molecule has 152 valence electrons. The van der Waals surface area contributed by atoms with Crippen LogP contribution in [0, 0.1) is 5.92 Å². The molecular weight excluding hydrogens is 328 g/mol. The number of rotatable bonds is 13. The summed E-state index contributed by atoms with van der Waals surface area (Å²) in [5.41, 5.74) is 3.23. The summed E-state index contributed by atoms with van der Waals surface area (Å²) >= 11 is 0. The third-order valence-electron chi connectivity index (χ3n) is 6.08. The summed E-state index contributed by atoms with van der Waals surface area (Å²) in [5, 5.41) is 0. The van der Waals surface area contributed by atoms with Gasteiger partial charge in [-0.15, -0.1) is 0 Å². The van der Waals surface area contributed by atoms with Gasteiger partial charge in [0.25, 0.3) is 0 Å². The number of allylic oxidation sites excluding steroid dienone is 2. The van der Waals surface area contributed by atoms with E-state index in [1.807, 2.05) is 0 Å². The Morgan fingerprint density at radius 3 is 2.22 bits per heavy atom. The summed E-state index contributed by atoms with van der Waals surface area (Å²) < 4.78 is 5.94. The minimum absolute atomic E-state index is 0.670. The molecule has 27 heavy (non-hydrogen) atoms. The fourth-order valence-electron chi connectivity index (χ4n) is 4.57. The molecule has 1 aliphatic carbocycles. The van der Waals surface area contributed by atoms with Crippen molar-refractivity contribution in [3.05, 3.63) is 41.5 Å². The molecule has 1 aliphatic rings. The number of unbranched alkanes of at least 4 members (excludes halogenated alkanes) is 2. The summed E-state index contributed by atoms with van der Waals surface area (Å²) in [6, 6.07) is 9.11. The van der Waals surface area contributed by atoms with Crippen LogP contribution in [0.15, 0.2) is 35.9 Å². The highest BCUT2D eigenvalue weighted by atomic mass is 16.5. The molecular formula is C26H42O. The Kier molecular flexibility index (Phi) is 10.6. The lowest BCUT2D eigenvalue weighted by Gasteiger charge is -2.29. The van der Waals surface area contributed by atoms with Crippen molar-refractivity contribution >= 4 is 0 Å². The molecule has 1 atom stereocenters. The van der Waals surface area contributed by atoms with Crippen LogP contribution >= 0.6 is 0 Å². The van der Waals surface area contributed by atoms with Crippen LogP contribution in [-0.4, -0.2) is 6.61 Å². The molecule has 1 heteroatoms. The van der Waals surface area contributed by atoms with Crippen LogP contribution < -0.4 is 4.74 Å². The van der Waals surface area contributed by atoms with Crippen LogP contribution in [0.3, 0.4) is 0 Å². The van der Waals surface area contributed by atoms with Gasteiger partial charge in [0, 0.05) is 0 Å². The van der Waals surface area contributed by atoms with E-state index in [-0.39, 0.29) is 0 Å². The molecule has 0 bridgehead atoms. The predicted molar refractivity (Wildman–Crippen MR) is 119 cm³/mol. The van der Waals surface area contributed by atoms with E-state index in [9.17, 15) is 0 Å². The zero-order valence-corrected chi connectivity index (χ0v) is 18.1. The van der Waals surface area contributed by atoms with Crippen LogP contribution in [0.5, 0.6) is 5.75 Å². The monoisotopic (exact) mass is 370 g/mol. The maximum atomic E-state index is 5.94. The van der Waals surface area contributed by atoms with E-state index < -0.39 is 0 Å². The molecule has 1 nitrogen and oxygen atoms in total. The topological polar surface area (TPSA) is 9.23 Å². The first-order valence-corrected chi connectivity index (χ1v) is 11.7. The first-order valence-electron chi connectivity index (χ1n) is 11.7. The smallest absolute Gasteiger partial charge is 0.119 e. The minimum atomic E-state index is 0.670. The van der Waals surface area contributed by atoms with Crippen LogP contribution in [-0.2, 0) is 0 Å². The zero-order chi connectivity index (χ0) is 19.3. The first-order chi connectivity index (χ1) is 13.3. The Morgan fingerprint density at radius 1 is 0.889 bits per heavy atom. The summed E-state index contributed by atoms with van der Waals surface area (Å²) in [7, 11) is 0. The van der Waals surface area contributed by atoms with Crippen LogP contribution in [0.4, 0.5) is 0 Å². The summed E-state index contributed by atoms with van der Waals surface area (Å²) in [6.07, 6.45) is 18.1. The molecule has 0 saturated heterocycles. The maximum Gasteiger partial charge on any atom is 0.119 e. The van der Waals surface area contributed by atoms with Gasteiger partial charge in [0.2, 0.25) is 0 Å². The Bertz CT molecular complexity index is 522. The van der Waals surface area contributed by atoms with Crippen molar-refractivity contribution in [2.75, 3.05) is 6.61 Å². The van der Waals surface area contributed by atoms with Crippen LogP contribution in [0.25, 0.3) is 0 Å². The van der Waals surface area contributed by atoms with Gasteiger partial charge in [0.15, 0.2) is 0 Å². The second kappa shape index (κ2) is 13.0. The van der Waals surface area contributed by atoms with Crippen LogP contribution in [0.2, 0.25) is 0 Å². The molecule has 0 aliphatic heterocycles. The summed E-state index contributed by atoms with van der Waals surface area (Å²) in [4.78, 5) is 0. The number of hydrogen-bond donors (Lipinski definition) is 0. The van der Waals surface area contributed by atoms with Crippen LogP contribution in [0.1, 0.15) is 109 Å². The average molecular weight is 371 g/mol. The third kappa shape index (κ3) is 7.72. The van der Waals surface area contributed by atoms with Crippen molar-refractivity contribution in [3.8, 4) is 5.75 Å². The number of ether oxygens (including phenoxy) is 1. The molecule has 1 unspecified atom stereocenters. The van der Waals surface area contributed by atoms with Gasteiger partial charge in [0.1, 0.15) is 5.75 Å². The quantitative estimate of drug-likeness (QED) is 0.250. The van der Waals surface area contributed by atoms with Gasteiger partial charge in [-0.3, -0.25) is 0 Å². The molecule has 2 rings (SSSR count). The fraction of sp³-hybridized carbons (Fsp3) is 0.692. The van der Waals surface area contributed by atoms with Crippen molar-refractivity contribution in [3.63, 3.8) is 0 Å². The normalized spacial score (nSPS) is 15.6. The zero-order valence-electron chi connectivity index (χ0n) is 18.1. The average Bonchev–Trinajstić information content (AvgIpc) is 2.71. The van der Waals surface area contributed by atoms with Gasteiger partial charge in [-0.2, -0.15) is 0 Å². The second-order valence-corrected chi connectivity index (χ2v) is 8.38. The van der Waals surface area contributed by atoms with Gasteiger partial charge < -0.3 is 4.74 Å². The number of benzene rings is 1. The van der Waals surface area contributed by atoms with E-state index in [1.54, 1.807) is 5.57 Å². The molecule has 0 saturated carbocycles. The van der Waals surface area contributed by atoms with Gasteiger partial charge in [0.05, 0.1) is 6.61 Å². The second-order valence-electron chi connectivity index (χ2n) is 8.38. The molecule has 0 spiro atoms. The first kappa shape index (κ1) is 22.1. The van der Waals surface area contributed by atoms with E-state index in [4.69, 9.17) is 4.74 Å². The van der Waals surface area contributed by atoms with E-state index in [1.165, 1.54) is 76.2 Å². The van der Waals surface area contributed by atoms with Gasteiger partial charge in [-0.25, -0.2) is 0 Å². The van der Waals surface area contributed by atoms with E-state index in [0.29, 0.717) is 5.92 Å². The summed E-state index contributed by atoms with van der Waals surface area (Å²) in [5.74, 6) is 2.51. The Balaban J connectivity index is 2.09. The largest absolute Gasteiger partial charge is 0.494 e. The standard InChI is InChI=1S/C26H42O/c1-4-7-11-20-27-25-18-16-24(17-19-25)26(23(12-5-2)13-6-3)21-22-14-9-8-10-15-22/h14,16-19,23,26H,4-13,15,20-21H2,1-3H3. The molecule has 0 fully saturated rings. The Labute approximate surface area is 168 Å².